The van der Waals surface area contributed by atoms with Gasteiger partial charge < -0.3 is 25.0 Å². The second-order valence-corrected chi connectivity index (χ2v) is 18.6. The number of Topliss-reactive ketones (excluding diaryl/α,β-unsaturated/α-hetero) is 1. The van der Waals surface area contributed by atoms with Crippen molar-refractivity contribution in [2.75, 3.05) is 46.1 Å². The first-order chi connectivity index (χ1) is 32.2. The third-order valence-corrected chi connectivity index (χ3v) is 14.1. The third-order valence-electron chi connectivity index (χ3n) is 13.4. The number of ketones is 1. The summed E-state index contributed by atoms with van der Waals surface area (Å²) in [6.07, 6.45) is 3.05. The number of aromatic nitrogens is 2. The molecule has 4 heterocycles. The van der Waals surface area contributed by atoms with Crippen LogP contribution in [0.3, 0.4) is 0 Å². The van der Waals surface area contributed by atoms with E-state index < -0.39 is 5.24 Å². The first kappa shape index (κ1) is 47.2. The van der Waals surface area contributed by atoms with Gasteiger partial charge in [-0.3, -0.25) is 19.2 Å². The maximum absolute atomic E-state index is 13.2. The van der Waals surface area contributed by atoms with Crippen molar-refractivity contribution >= 4 is 63.3 Å². The van der Waals surface area contributed by atoms with Crippen LogP contribution >= 0.6 is 34.8 Å². The molecule has 11 nitrogen and oxygen atoms in total. The zero-order valence-corrected chi connectivity index (χ0v) is 39.8. The van der Waals surface area contributed by atoms with Gasteiger partial charge in [0.15, 0.2) is 5.78 Å². The summed E-state index contributed by atoms with van der Waals surface area (Å²) >= 11 is 16.4. The van der Waals surface area contributed by atoms with Crippen LogP contribution in [0.4, 0.5) is 5.69 Å². The highest BCUT2D eigenvalue weighted by atomic mass is 35.5. The fourth-order valence-electron chi connectivity index (χ4n) is 9.47. The number of likely N-dealkylation sites (tertiary alicyclic amines) is 2. The zero-order valence-electron chi connectivity index (χ0n) is 37.5. The number of carbonyl (C=O) groups is 4. The molecule has 2 aliphatic carbocycles. The van der Waals surface area contributed by atoms with Crippen LogP contribution in [0, 0.1) is 37.5 Å². The van der Waals surface area contributed by atoms with Crippen molar-refractivity contribution in [3.63, 3.8) is 0 Å². The maximum atomic E-state index is 13.2. The molecule has 344 valence electrons. The molecule has 2 aliphatic heterocycles. The van der Waals surface area contributed by atoms with Crippen LogP contribution in [-0.4, -0.2) is 83.0 Å². The number of rotatable bonds is 10. The Morgan fingerprint density at radius 1 is 0.582 bits per heavy atom. The van der Waals surface area contributed by atoms with Gasteiger partial charge in [0.2, 0.25) is 0 Å². The predicted octanol–water partition coefficient (Wildman–Crippen LogP) is 10.1. The van der Waals surface area contributed by atoms with Crippen molar-refractivity contribution in [3.8, 4) is 11.5 Å². The van der Waals surface area contributed by atoms with E-state index in [-0.39, 0.29) is 24.0 Å². The van der Waals surface area contributed by atoms with E-state index in [0.29, 0.717) is 73.8 Å². The van der Waals surface area contributed by atoms with Crippen LogP contribution in [0.25, 0.3) is 0 Å². The summed E-state index contributed by atoms with van der Waals surface area (Å²) in [5, 5.41) is 0.180. The number of methoxy groups -OCH3 is 2. The molecule has 2 unspecified atom stereocenters. The summed E-state index contributed by atoms with van der Waals surface area (Å²) < 4.78 is 10.5. The topological polar surface area (TPSA) is 145 Å². The van der Waals surface area contributed by atoms with E-state index in [9.17, 15) is 19.2 Å². The Hall–Kier alpha value is -6.27. The Morgan fingerprint density at radius 3 is 1.40 bits per heavy atom. The number of nitrogen functional groups attached to an aromatic ring is 1. The number of amides is 2. The molecule has 6 aromatic rings. The third kappa shape index (κ3) is 10.8. The Kier molecular flexibility index (Phi) is 14.3. The molecule has 4 aliphatic rings. The zero-order chi connectivity index (χ0) is 47.5. The number of halogens is 3. The van der Waals surface area contributed by atoms with Crippen molar-refractivity contribution in [1.82, 2.24) is 19.8 Å². The molecule has 0 spiro atoms. The molecule has 67 heavy (non-hydrogen) atoms. The lowest BCUT2D eigenvalue weighted by Crippen LogP contribution is -2.31. The molecule has 4 aromatic carbocycles. The number of hydrogen-bond acceptors (Lipinski definition) is 9. The van der Waals surface area contributed by atoms with Crippen molar-refractivity contribution in [1.29, 1.82) is 0 Å². The van der Waals surface area contributed by atoms with E-state index in [1.54, 1.807) is 32.4 Å². The number of nitrogens with two attached hydrogens (primary N) is 1. The summed E-state index contributed by atoms with van der Waals surface area (Å²) in [5.74, 6) is 5.17. The lowest BCUT2D eigenvalue weighted by Gasteiger charge is -2.21. The molecular weight excluding hydrogens is 909 g/mol. The second-order valence-electron chi connectivity index (χ2n) is 17.5. The van der Waals surface area contributed by atoms with E-state index in [2.05, 4.69) is 34.2 Å². The van der Waals surface area contributed by atoms with Crippen LogP contribution in [-0.2, 0) is 6.42 Å². The van der Waals surface area contributed by atoms with Gasteiger partial charge in [-0.25, -0.2) is 9.97 Å². The van der Waals surface area contributed by atoms with Crippen molar-refractivity contribution in [2.45, 2.75) is 32.1 Å². The number of anilines is 1. The predicted molar refractivity (Wildman–Crippen MR) is 261 cm³/mol. The minimum absolute atomic E-state index is 0.0394. The van der Waals surface area contributed by atoms with Crippen LogP contribution in [0.1, 0.15) is 81.1 Å². The molecule has 4 fully saturated rings. The highest BCUT2D eigenvalue weighted by Gasteiger charge is 2.58. The summed E-state index contributed by atoms with van der Waals surface area (Å²) in [7, 11) is 3.35. The number of fused-ring (bicyclic) bond motifs is 2. The first-order valence-electron chi connectivity index (χ1n) is 22.0. The largest absolute Gasteiger partial charge is 0.497 e. The number of piperidine rings is 2. The molecule has 2 aromatic heterocycles. The van der Waals surface area contributed by atoms with Gasteiger partial charge in [0.05, 0.1) is 19.8 Å². The number of aryl methyl sites for hydroxylation is 2. The van der Waals surface area contributed by atoms with Gasteiger partial charge >= 0.3 is 0 Å². The van der Waals surface area contributed by atoms with E-state index in [1.165, 1.54) is 35.7 Å². The molecule has 0 bridgehead atoms. The van der Waals surface area contributed by atoms with E-state index in [0.717, 1.165) is 54.4 Å². The lowest BCUT2D eigenvalue weighted by atomic mass is 9.97. The highest BCUT2D eigenvalue weighted by Crippen LogP contribution is 2.59. The monoisotopic (exact) mass is 957 g/mol. The molecule has 14 heteroatoms. The SMILES string of the molecule is COc1ccc(C2[C@H]3CN(C(=O)c4ccc(C)c(CC(=O)c5ccc(Cl)nc5)c4)C[C@@H]23)cc1.COc1ccc(C2[C@H]3CN(C(=O)c4ccc(C)c(N)c4)C[C@@H]23)cc1.O=C(Cl)c1ccc(Cl)nc1. The van der Waals surface area contributed by atoms with Crippen LogP contribution < -0.4 is 15.2 Å². The fraction of sp³-hybridized carbons (Fsp3) is 0.283. The average Bonchev–Trinajstić information content (AvgIpc) is 4.06. The molecule has 2 saturated carbocycles. The molecule has 6 atom stereocenters. The van der Waals surface area contributed by atoms with E-state index >= 15 is 0 Å². The smallest absolute Gasteiger partial charge is 0.253 e. The van der Waals surface area contributed by atoms with E-state index in [4.69, 9.17) is 50.0 Å². The summed E-state index contributed by atoms with van der Waals surface area (Å²) in [6, 6.07) is 34.1. The molecule has 10 rings (SSSR count). The second kappa shape index (κ2) is 20.3. The minimum atomic E-state index is -0.524. The Bertz CT molecular complexity index is 2770. The average molecular weight is 959 g/mol. The molecule has 2 saturated heterocycles. The van der Waals surface area contributed by atoms with Crippen LogP contribution in [0.2, 0.25) is 10.3 Å². The number of carbonyl (C=O) groups excluding carboxylic acids is 4. The van der Waals surface area contributed by atoms with Gasteiger partial charge in [-0.1, -0.05) is 59.6 Å². The number of pyridine rings is 2. The van der Waals surface area contributed by atoms with Crippen molar-refractivity contribution < 1.29 is 28.7 Å². The van der Waals surface area contributed by atoms with Gasteiger partial charge in [0.1, 0.15) is 21.8 Å². The van der Waals surface area contributed by atoms with Gasteiger partial charge in [0, 0.05) is 67.4 Å². The van der Waals surface area contributed by atoms with Gasteiger partial charge in [-0.05, 0) is 162 Å². The summed E-state index contributed by atoms with van der Waals surface area (Å²) in [4.78, 5) is 60.6. The van der Waals surface area contributed by atoms with Crippen LogP contribution in [0.15, 0.2) is 122 Å². The van der Waals surface area contributed by atoms with E-state index in [1.807, 2.05) is 78.2 Å². The van der Waals surface area contributed by atoms with Crippen LogP contribution in [0.5, 0.6) is 11.5 Å². The van der Waals surface area contributed by atoms with Gasteiger partial charge in [-0.15, -0.1) is 0 Å². The Labute approximate surface area is 405 Å². The number of hydrogen-bond donors (Lipinski definition) is 1. The molecular formula is C53H50Cl3N5O6. The lowest BCUT2D eigenvalue weighted by molar-refractivity contribution is 0.0765. The standard InChI is InChI=1S/C27H25ClN2O3.C20H22N2O2.C6H3Cl2NO/c1-16-3-4-18(11-20(16)12-24(31)19-7-10-25(28)29-13-19)27(32)30-14-22-23(15-30)26(22)17-5-8-21(33-2)9-6-17;1-12-3-4-14(9-18(12)21)20(23)22-10-16-17(11-22)19(16)13-5-7-15(24-2)8-6-13;7-5-2-1-4(3-9-5)6(8)10/h3-11,13,22-23,26H,12,14-15H2,1-2H3;3-9,16-17,19H,10-11,21H2,1-2H3;1-3H/t22-,23+,26?;16-,17+,19?;. The summed E-state index contributed by atoms with van der Waals surface area (Å²) in [6.45, 7) is 7.15. The van der Waals surface area contributed by atoms with Gasteiger partial charge in [0.25, 0.3) is 17.1 Å². The normalized spacial score (nSPS) is 20.5. The molecule has 2 N–H and O–H groups in total. The minimum Gasteiger partial charge on any atom is -0.497 e. The number of benzene rings is 4. The van der Waals surface area contributed by atoms with Gasteiger partial charge in [-0.2, -0.15) is 0 Å². The Morgan fingerprint density at radius 2 is 1.00 bits per heavy atom. The maximum Gasteiger partial charge on any atom is 0.253 e. The fourth-order valence-corrected chi connectivity index (χ4v) is 9.80. The number of ether oxygens (including phenoxy) is 2. The highest BCUT2D eigenvalue weighted by molar-refractivity contribution is 6.67. The van der Waals surface area contributed by atoms with Crippen molar-refractivity contribution in [3.05, 3.63) is 182 Å². The number of nitrogens with zero attached hydrogens (tertiary/aromatic N) is 4. The molecule has 0 radical (unpaired) electrons. The molecule has 2 amide bonds. The first-order valence-corrected chi connectivity index (χ1v) is 23.1. The summed E-state index contributed by atoms with van der Waals surface area (Å²) in [5.41, 5.74) is 14.4. The quantitative estimate of drug-likeness (QED) is 0.0614. The van der Waals surface area contributed by atoms with Crippen molar-refractivity contribution in [2.24, 2.45) is 23.7 Å². The Balaban J connectivity index is 0.000000156.